The fourth-order valence-electron chi connectivity index (χ4n) is 3.04. The minimum absolute atomic E-state index is 0.0719. The molecule has 1 aliphatic rings. The molecule has 1 aliphatic heterocycles. The molecule has 0 amide bonds. The molecule has 6 nitrogen and oxygen atoms in total. The van der Waals surface area contributed by atoms with Gasteiger partial charge in [-0.15, -0.1) is 11.8 Å². The van der Waals surface area contributed by atoms with E-state index in [4.69, 9.17) is 14.2 Å². The van der Waals surface area contributed by atoms with Crippen LogP contribution >= 0.6 is 11.8 Å². The van der Waals surface area contributed by atoms with Crippen molar-refractivity contribution in [1.82, 2.24) is 0 Å². The van der Waals surface area contributed by atoms with Crippen LogP contribution in [0.3, 0.4) is 0 Å². The molecular formula is C22H25NO5S. The number of nitroso groups, excluding NO2 is 1. The molecule has 0 bridgehead atoms. The molecule has 0 N–H and O–H groups in total. The van der Waals surface area contributed by atoms with Gasteiger partial charge in [-0.2, -0.15) is 4.91 Å². The summed E-state index contributed by atoms with van der Waals surface area (Å²) < 4.78 is 17.5. The van der Waals surface area contributed by atoms with Gasteiger partial charge in [-0.25, -0.2) is 4.79 Å². The van der Waals surface area contributed by atoms with Crippen LogP contribution in [0.25, 0.3) is 0 Å². The molecule has 0 saturated carbocycles. The van der Waals surface area contributed by atoms with E-state index < -0.39 is 11.6 Å². The lowest BCUT2D eigenvalue weighted by molar-refractivity contribution is 0.00683. The first-order chi connectivity index (χ1) is 13.8. The van der Waals surface area contributed by atoms with Crippen LogP contribution in [0.5, 0.6) is 17.2 Å². The van der Waals surface area contributed by atoms with E-state index >= 15 is 0 Å². The van der Waals surface area contributed by atoms with E-state index in [2.05, 4.69) is 5.18 Å². The molecule has 1 atom stereocenters. The van der Waals surface area contributed by atoms with Crippen molar-refractivity contribution in [2.45, 2.75) is 50.2 Å². The molecule has 0 radical (unpaired) electrons. The summed E-state index contributed by atoms with van der Waals surface area (Å²) in [7, 11) is 0. The Labute approximate surface area is 174 Å². The van der Waals surface area contributed by atoms with Crippen LogP contribution in [0.4, 0.5) is 0 Å². The van der Waals surface area contributed by atoms with Crippen LogP contribution in [0.2, 0.25) is 0 Å². The number of carbonyl (C=O) groups is 1. The molecule has 0 aromatic heterocycles. The van der Waals surface area contributed by atoms with Crippen LogP contribution in [-0.2, 0) is 11.2 Å². The van der Waals surface area contributed by atoms with Gasteiger partial charge in [0.1, 0.15) is 35.5 Å². The molecule has 2 aromatic rings. The van der Waals surface area contributed by atoms with Crippen molar-refractivity contribution in [2.24, 2.45) is 5.18 Å². The van der Waals surface area contributed by atoms with E-state index in [1.807, 2.05) is 51.3 Å². The van der Waals surface area contributed by atoms with Crippen molar-refractivity contribution in [3.05, 3.63) is 52.4 Å². The van der Waals surface area contributed by atoms with Gasteiger partial charge in [0, 0.05) is 10.5 Å². The van der Waals surface area contributed by atoms with Gasteiger partial charge in [0.05, 0.1) is 5.56 Å². The number of thioether (sulfide) groups is 1. The van der Waals surface area contributed by atoms with E-state index in [1.54, 1.807) is 23.9 Å². The van der Waals surface area contributed by atoms with Crippen molar-refractivity contribution in [2.75, 3.05) is 12.8 Å². The summed E-state index contributed by atoms with van der Waals surface area (Å²) in [6, 6.07) is 11.1. The van der Waals surface area contributed by atoms with E-state index in [0.717, 1.165) is 10.5 Å². The third kappa shape index (κ3) is 5.50. The zero-order valence-electron chi connectivity index (χ0n) is 17.1. The highest BCUT2D eigenvalue weighted by Crippen LogP contribution is 2.39. The van der Waals surface area contributed by atoms with Crippen molar-refractivity contribution in [3.63, 3.8) is 0 Å². The number of hydrogen-bond donors (Lipinski definition) is 0. The lowest BCUT2D eigenvalue weighted by atomic mass is 9.99. The Hall–Kier alpha value is -2.54. The topological polar surface area (TPSA) is 74.2 Å². The molecule has 0 fully saturated rings. The lowest BCUT2D eigenvalue weighted by Gasteiger charge is -2.27. The van der Waals surface area contributed by atoms with Crippen molar-refractivity contribution < 1.29 is 19.0 Å². The van der Waals surface area contributed by atoms with Crippen LogP contribution in [0, 0.1) is 4.91 Å². The zero-order chi connectivity index (χ0) is 21.0. The van der Waals surface area contributed by atoms with Gasteiger partial charge in [0.15, 0.2) is 0 Å². The van der Waals surface area contributed by atoms with Crippen LogP contribution in [0.15, 0.2) is 46.5 Å². The van der Waals surface area contributed by atoms with Gasteiger partial charge < -0.3 is 14.2 Å². The van der Waals surface area contributed by atoms with Crippen LogP contribution in [0.1, 0.15) is 43.1 Å². The van der Waals surface area contributed by atoms with Gasteiger partial charge in [-0.3, -0.25) is 0 Å². The van der Waals surface area contributed by atoms with Gasteiger partial charge in [-0.05, 0) is 76.3 Å². The molecule has 7 heteroatoms. The van der Waals surface area contributed by atoms with E-state index in [-0.39, 0.29) is 12.6 Å². The van der Waals surface area contributed by atoms with Crippen molar-refractivity contribution in [3.8, 4) is 17.2 Å². The van der Waals surface area contributed by atoms with Gasteiger partial charge in [0.2, 0.25) is 0 Å². The Morgan fingerprint density at radius 2 is 1.97 bits per heavy atom. The maximum atomic E-state index is 12.6. The first-order valence-corrected chi connectivity index (χ1v) is 10.7. The number of rotatable bonds is 6. The monoisotopic (exact) mass is 415 g/mol. The second kappa shape index (κ2) is 8.86. The molecule has 1 unspecified atom stereocenters. The number of esters is 1. The largest absolute Gasteiger partial charge is 0.488 e. The minimum atomic E-state index is -0.619. The van der Waals surface area contributed by atoms with Gasteiger partial charge in [0.25, 0.3) is 0 Å². The maximum absolute atomic E-state index is 12.6. The quantitative estimate of drug-likeness (QED) is 0.346. The maximum Gasteiger partial charge on any atom is 0.338 e. The van der Waals surface area contributed by atoms with E-state index in [1.165, 1.54) is 0 Å². The molecule has 2 aromatic carbocycles. The Bertz CT molecular complexity index is 889. The standard InChI is InChI=1S/C22H25NO5S/c1-22(2,3)28-21(24)14-11-19(26-15-5-8-17(29-4)9-6-15)18-10-7-16(13-23-25)27-20(18)12-14/h5-6,8-9,11-12,16H,7,10,13H2,1-4H3. The third-order valence-corrected chi connectivity index (χ3v) is 5.12. The van der Waals surface area contributed by atoms with Crippen LogP contribution in [-0.4, -0.2) is 30.5 Å². The first-order valence-electron chi connectivity index (χ1n) is 9.47. The molecule has 0 saturated heterocycles. The summed E-state index contributed by atoms with van der Waals surface area (Å²) in [5.74, 6) is 1.30. The average molecular weight is 416 g/mol. The second-order valence-corrected chi connectivity index (χ2v) is 8.70. The minimum Gasteiger partial charge on any atom is -0.488 e. The number of ether oxygens (including phenoxy) is 3. The Kier molecular flexibility index (Phi) is 6.47. The van der Waals surface area contributed by atoms with Gasteiger partial charge in [-0.1, -0.05) is 5.18 Å². The summed E-state index contributed by atoms with van der Waals surface area (Å²) in [5, 5.41) is 2.94. The molecule has 1 heterocycles. The van der Waals surface area contributed by atoms with E-state index in [9.17, 15) is 9.70 Å². The Morgan fingerprint density at radius 1 is 1.24 bits per heavy atom. The third-order valence-electron chi connectivity index (χ3n) is 4.38. The predicted octanol–water partition coefficient (Wildman–Crippen LogP) is 5.62. The fraction of sp³-hybridized carbons (Fsp3) is 0.409. The molecule has 0 spiro atoms. The first kappa shape index (κ1) is 21.2. The number of benzene rings is 2. The Balaban J connectivity index is 1.96. The predicted molar refractivity (Wildman–Crippen MR) is 113 cm³/mol. The number of nitrogens with zero attached hydrogens (tertiary/aromatic N) is 1. The second-order valence-electron chi connectivity index (χ2n) is 7.82. The summed E-state index contributed by atoms with van der Waals surface area (Å²) in [5.41, 5.74) is 0.592. The van der Waals surface area contributed by atoms with Crippen molar-refractivity contribution in [1.29, 1.82) is 0 Å². The highest BCUT2D eigenvalue weighted by Gasteiger charge is 2.27. The highest BCUT2D eigenvalue weighted by molar-refractivity contribution is 7.98. The Morgan fingerprint density at radius 3 is 2.59 bits per heavy atom. The molecular weight excluding hydrogens is 390 g/mol. The zero-order valence-corrected chi connectivity index (χ0v) is 17.9. The van der Waals surface area contributed by atoms with E-state index in [0.29, 0.717) is 35.7 Å². The molecule has 0 aliphatic carbocycles. The molecule has 3 rings (SSSR count). The summed E-state index contributed by atoms with van der Waals surface area (Å²) in [4.78, 5) is 24.4. The van der Waals surface area contributed by atoms with Crippen molar-refractivity contribution >= 4 is 17.7 Å². The average Bonchev–Trinajstić information content (AvgIpc) is 2.67. The fourth-order valence-corrected chi connectivity index (χ4v) is 3.45. The number of hydrogen-bond acceptors (Lipinski definition) is 7. The number of carbonyl (C=O) groups excluding carboxylic acids is 1. The molecule has 29 heavy (non-hydrogen) atoms. The summed E-state index contributed by atoms with van der Waals surface area (Å²) >= 11 is 1.65. The summed E-state index contributed by atoms with van der Waals surface area (Å²) in [6.45, 7) is 5.52. The normalized spacial score (nSPS) is 15.8. The molecule has 154 valence electrons. The number of fused-ring (bicyclic) bond motifs is 1. The van der Waals surface area contributed by atoms with Crippen LogP contribution < -0.4 is 9.47 Å². The van der Waals surface area contributed by atoms with Gasteiger partial charge >= 0.3 is 5.97 Å². The SMILES string of the molecule is CSc1ccc(Oc2cc(C(=O)OC(C)(C)C)cc3c2CCC(CN=O)O3)cc1. The highest BCUT2D eigenvalue weighted by atomic mass is 32.2. The summed E-state index contributed by atoms with van der Waals surface area (Å²) in [6.07, 6.45) is 3.04. The smallest absolute Gasteiger partial charge is 0.338 e. The lowest BCUT2D eigenvalue weighted by Crippen LogP contribution is -2.27.